The van der Waals surface area contributed by atoms with Gasteiger partial charge in [-0.2, -0.15) is 5.10 Å². The highest BCUT2D eigenvalue weighted by Gasteiger charge is 2.25. The number of aromatic nitrogens is 2. The maximum Gasteiger partial charge on any atom is 0.274 e. The molecule has 1 fully saturated rings. The third-order valence-corrected chi connectivity index (χ3v) is 4.81. The van der Waals surface area contributed by atoms with Crippen LogP contribution >= 0.6 is 0 Å². The number of nitrogens with one attached hydrogen (secondary N) is 1. The lowest BCUT2D eigenvalue weighted by Gasteiger charge is -2.29. The van der Waals surface area contributed by atoms with Crippen LogP contribution in [0.15, 0.2) is 29.1 Å². The molecule has 0 bridgehead atoms. The number of carbonyl (C=O) groups is 1. The molecule has 2 aromatic rings. The Bertz CT molecular complexity index is 781. The van der Waals surface area contributed by atoms with E-state index in [0.29, 0.717) is 28.9 Å². The van der Waals surface area contributed by atoms with Crippen molar-refractivity contribution in [2.75, 3.05) is 0 Å². The number of aryl methyl sites for hydroxylation is 1. The summed E-state index contributed by atoms with van der Waals surface area (Å²) in [7, 11) is 0. The minimum Gasteiger partial charge on any atom is -0.348 e. The molecule has 1 aromatic carbocycles. The average Bonchev–Trinajstić information content (AvgIpc) is 2.57. The second-order valence-corrected chi connectivity index (χ2v) is 6.36. The van der Waals surface area contributed by atoms with Crippen molar-refractivity contribution in [2.45, 2.75) is 52.1 Å². The van der Waals surface area contributed by atoms with Gasteiger partial charge in [0.2, 0.25) is 0 Å². The van der Waals surface area contributed by atoms with Crippen LogP contribution in [0.25, 0.3) is 10.8 Å². The standard InChI is InChI=1S/C18H23N3O2/c1-3-21-18(23)14-10-6-5-9-13(14)16(20-21)17(22)19-15-11-7-4-8-12(15)2/h5-6,9-10,12,15H,3-4,7-8,11H2,1-2H3,(H,19,22)/t12-,15+/m1/s1. The van der Waals surface area contributed by atoms with E-state index in [1.165, 1.54) is 11.1 Å². The zero-order valence-electron chi connectivity index (χ0n) is 13.7. The summed E-state index contributed by atoms with van der Waals surface area (Å²) < 4.78 is 1.36. The van der Waals surface area contributed by atoms with E-state index in [0.717, 1.165) is 19.3 Å². The van der Waals surface area contributed by atoms with Crippen molar-refractivity contribution in [3.05, 3.63) is 40.3 Å². The molecule has 1 aromatic heterocycles. The minimum atomic E-state index is -0.179. The first-order chi connectivity index (χ1) is 11.1. The first-order valence-electron chi connectivity index (χ1n) is 8.42. The molecule has 0 unspecified atom stereocenters. The van der Waals surface area contributed by atoms with Gasteiger partial charge >= 0.3 is 0 Å². The van der Waals surface area contributed by atoms with Crippen LogP contribution in [0.5, 0.6) is 0 Å². The van der Waals surface area contributed by atoms with Crippen molar-refractivity contribution in [3.63, 3.8) is 0 Å². The minimum absolute atomic E-state index is 0.148. The number of hydrogen-bond acceptors (Lipinski definition) is 3. The normalized spacial score (nSPS) is 21.3. The average molecular weight is 313 g/mol. The summed E-state index contributed by atoms with van der Waals surface area (Å²) in [6, 6.07) is 7.39. The van der Waals surface area contributed by atoms with Crippen molar-refractivity contribution < 1.29 is 4.79 Å². The monoisotopic (exact) mass is 313 g/mol. The number of rotatable bonds is 3. The maximum atomic E-state index is 12.8. The Morgan fingerprint density at radius 3 is 2.65 bits per heavy atom. The fourth-order valence-corrected chi connectivity index (χ4v) is 3.38. The van der Waals surface area contributed by atoms with E-state index >= 15 is 0 Å². The van der Waals surface area contributed by atoms with Gasteiger partial charge in [0.25, 0.3) is 11.5 Å². The molecule has 0 aliphatic heterocycles. The van der Waals surface area contributed by atoms with E-state index in [2.05, 4.69) is 17.3 Å². The largest absolute Gasteiger partial charge is 0.348 e. The summed E-state index contributed by atoms with van der Waals surface area (Å²) in [5.41, 5.74) is 0.200. The Labute approximate surface area is 135 Å². The molecule has 1 heterocycles. The summed E-state index contributed by atoms with van der Waals surface area (Å²) in [5, 5.41) is 8.61. The van der Waals surface area contributed by atoms with Crippen LogP contribution < -0.4 is 10.9 Å². The van der Waals surface area contributed by atoms with Gasteiger partial charge in [0.05, 0.1) is 5.39 Å². The van der Waals surface area contributed by atoms with E-state index in [1.807, 2.05) is 19.1 Å². The van der Waals surface area contributed by atoms with Gasteiger partial charge in [-0.1, -0.05) is 38.0 Å². The Kier molecular flexibility index (Phi) is 4.46. The number of nitrogens with zero attached hydrogens (tertiary/aromatic N) is 2. The van der Waals surface area contributed by atoms with Gasteiger partial charge in [-0.05, 0) is 31.7 Å². The molecule has 1 saturated carbocycles. The van der Waals surface area contributed by atoms with Gasteiger partial charge in [-0.15, -0.1) is 0 Å². The summed E-state index contributed by atoms with van der Waals surface area (Å²) in [6.07, 6.45) is 4.54. The lowest BCUT2D eigenvalue weighted by Crippen LogP contribution is -2.42. The summed E-state index contributed by atoms with van der Waals surface area (Å²) >= 11 is 0. The SMILES string of the molecule is CCn1nc(C(=O)N[C@H]2CCCC[C@H]2C)c2ccccc2c1=O. The number of benzene rings is 1. The molecule has 0 radical (unpaired) electrons. The van der Waals surface area contributed by atoms with E-state index in [1.54, 1.807) is 12.1 Å². The zero-order chi connectivity index (χ0) is 16.4. The van der Waals surface area contributed by atoms with E-state index in [9.17, 15) is 9.59 Å². The molecular formula is C18H23N3O2. The van der Waals surface area contributed by atoms with Gasteiger partial charge in [-0.25, -0.2) is 4.68 Å². The van der Waals surface area contributed by atoms with Gasteiger partial charge in [0.15, 0.2) is 5.69 Å². The summed E-state index contributed by atoms with van der Waals surface area (Å²) in [6.45, 7) is 4.49. The molecule has 122 valence electrons. The molecule has 5 heteroatoms. The summed E-state index contributed by atoms with van der Waals surface area (Å²) in [5.74, 6) is 0.304. The lowest BCUT2D eigenvalue weighted by atomic mass is 9.86. The zero-order valence-corrected chi connectivity index (χ0v) is 13.7. The molecule has 0 spiro atoms. The molecule has 3 rings (SSSR count). The van der Waals surface area contributed by atoms with Gasteiger partial charge in [0.1, 0.15) is 0 Å². The highest BCUT2D eigenvalue weighted by Crippen LogP contribution is 2.24. The second-order valence-electron chi connectivity index (χ2n) is 6.36. The van der Waals surface area contributed by atoms with Crippen molar-refractivity contribution in [1.82, 2.24) is 15.1 Å². The van der Waals surface area contributed by atoms with Gasteiger partial charge in [0, 0.05) is 18.0 Å². The summed E-state index contributed by atoms with van der Waals surface area (Å²) in [4.78, 5) is 25.1. The third-order valence-electron chi connectivity index (χ3n) is 4.81. The quantitative estimate of drug-likeness (QED) is 0.947. The van der Waals surface area contributed by atoms with Gasteiger partial charge in [-0.3, -0.25) is 9.59 Å². The second kappa shape index (κ2) is 6.52. The Morgan fingerprint density at radius 1 is 1.26 bits per heavy atom. The maximum absolute atomic E-state index is 12.8. The Morgan fingerprint density at radius 2 is 1.96 bits per heavy atom. The third kappa shape index (κ3) is 3.00. The van der Waals surface area contributed by atoms with Crippen molar-refractivity contribution in [2.24, 2.45) is 5.92 Å². The van der Waals surface area contributed by atoms with Crippen molar-refractivity contribution in [1.29, 1.82) is 0 Å². The Hall–Kier alpha value is -2.17. The van der Waals surface area contributed by atoms with Crippen LogP contribution in [-0.2, 0) is 6.54 Å². The molecule has 2 atom stereocenters. The number of fused-ring (bicyclic) bond motifs is 1. The van der Waals surface area contributed by atoms with Crippen LogP contribution in [0.2, 0.25) is 0 Å². The molecule has 0 saturated heterocycles. The van der Waals surface area contributed by atoms with Crippen LogP contribution in [-0.4, -0.2) is 21.7 Å². The number of amides is 1. The molecule has 1 aliphatic carbocycles. The van der Waals surface area contributed by atoms with E-state index in [4.69, 9.17) is 0 Å². The molecule has 23 heavy (non-hydrogen) atoms. The fourth-order valence-electron chi connectivity index (χ4n) is 3.38. The van der Waals surface area contributed by atoms with Crippen LogP contribution in [0.4, 0.5) is 0 Å². The molecule has 1 N–H and O–H groups in total. The lowest BCUT2D eigenvalue weighted by molar-refractivity contribution is 0.0904. The Balaban J connectivity index is 2.00. The van der Waals surface area contributed by atoms with E-state index in [-0.39, 0.29) is 17.5 Å². The highest BCUT2D eigenvalue weighted by atomic mass is 16.2. The molecule has 5 nitrogen and oxygen atoms in total. The van der Waals surface area contributed by atoms with Crippen LogP contribution in [0.1, 0.15) is 50.0 Å². The predicted molar refractivity (Wildman–Crippen MR) is 90.6 cm³/mol. The van der Waals surface area contributed by atoms with Crippen molar-refractivity contribution in [3.8, 4) is 0 Å². The fraction of sp³-hybridized carbons (Fsp3) is 0.500. The number of carbonyl (C=O) groups excluding carboxylic acids is 1. The van der Waals surface area contributed by atoms with Crippen LogP contribution in [0.3, 0.4) is 0 Å². The molecule has 1 aliphatic rings. The molecule has 1 amide bonds. The topological polar surface area (TPSA) is 64.0 Å². The smallest absolute Gasteiger partial charge is 0.274 e. The van der Waals surface area contributed by atoms with Crippen molar-refractivity contribution >= 4 is 16.7 Å². The molecular weight excluding hydrogens is 290 g/mol. The first-order valence-corrected chi connectivity index (χ1v) is 8.42. The van der Waals surface area contributed by atoms with Crippen LogP contribution in [0, 0.1) is 5.92 Å². The highest BCUT2D eigenvalue weighted by molar-refractivity contribution is 6.04. The number of hydrogen-bond donors (Lipinski definition) is 1. The van der Waals surface area contributed by atoms with Gasteiger partial charge < -0.3 is 5.32 Å². The first kappa shape index (κ1) is 15.7. The van der Waals surface area contributed by atoms with E-state index < -0.39 is 0 Å². The predicted octanol–water partition coefficient (Wildman–Crippen LogP) is 2.72.